The molecule has 2 rings (SSSR count). The third-order valence-electron chi connectivity index (χ3n) is 3.82. The van der Waals surface area contributed by atoms with E-state index in [9.17, 15) is 18.3 Å². The Morgan fingerprint density at radius 2 is 2.20 bits per heavy atom. The first-order chi connectivity index (χ1) is 9.25. The van der Waals surface area contributed by atoms with Gasteiger partial charge in [-0.25, -0.2) is 4.68 Å². The third kappa shape index (κ3) is 2.82. The SMILES string of the molecule is CN1CCC(O)C(OCC(F)(F)F)C1(C)n1cccn1. The Morgan fingerprint density at radius 3 is 2.75 bits per heavy atom. The quantitative estimate of drug-likeness (QED) is 0.910. The number of halogens is 3. The summed E-state index contributed by atoms with van der Waals surface area (Å²) in [5.74, 6) is 0. The molecule has 1 aliphatic heterocycles. The van der Waals surface area contributed by atoms with Crippen LogP contribution < -0.4 is 0 Å². The number of nitrogens with zero attached hydrogens (tertiary/aromatic N) is 3. The number of likely N-dealkylation sites (tertiary alicyclic amines) is 1. The smallest absolute Gasteiger partial charge is 0.390 e. The highest BCUT2D eigenvalue weighted by Crippen LogP contribution is 2.34. The molecule has 0 amide bonds. The number of aliphatic hydroxyl groups is 1. The van der Waals surface area contributed by atoms with Gasteiger partial charge in [0.2, 0.25) is 0 Å². The number of aromatic nitrogens is 2. The molecule has 1 saturated heterocycles. The highest BCUT2D eigenvalue weighted by Gasteiger charge is 2.49. The van der Waals surface area contributed by atoms with E-state index in [1.807, 2.05) is 4.90 Å². The second-order valence-corrected chi connectivity index (χ2v) is 5.17. The summed E-state index contributed by atoms with van der Waals surface area (Å²) in [5.41, 5.74) is -0.966. The van der Waals surface area contributed by atoms with Gasteiger partial charge in [0.1, 0.15) is 18.4 Å². The minimum absolute atomic E-state index is 0.357. The standard InChI is InChI=1S/C12H18F3N3O2/c1-11(18-6-3-5-16-18)10(20-8-12(13,14)15)9(19)4-7-17(11)2/h3,5-6,9-10,19H,4,7-8H2,1-2H3. The number of piperidine rings is 1. The molecule has 1 aromatic rings. The van der Waals surface area contributed by atoms with E-state index in [2.05, 4.69) is 5.10 Å². The Bertz CT molecular complexity index is 438. The second kappa shape index (κ2) is 5.34. The summed E-state index contributed by atoms with van der Waals surface area (Å²) < 4.78 is 43.7. The maximum Gasteiger partial charge on any atom is 0.411 e. The predicted octanol–water partition coefficient (Wildman–Crippen LogP) is 1.20. The van der Waals surface area contributed by atoms with Gasteiger partial charge in [0.05, 0.1) is 6.10 Å². The van der Waals surface area contributed by atoms with E-state index in [1.54, 1.807) is 32.4 Å². The molecule has 0 bridgehead atoms. The molecule has 1 aromatic heterocycles. The molecular formula is C12H18F3N3O2. The fraction of sp³-hybridized carbons (Fsp3) is 0.750. The second-order valence-electron chi connectivity index (χ2n) is 5.17. The van der Waals surface area contributed by atoms with Gasteiger partial charge >= 0.3 is 6.18 Å². The van der Waals surface area contributed by atoms with Crippen LogP contribution in [0.25, 0.3) is 0 Å². The van der Waals surface area contributed by atoms with Crippen molar-refractivity contribution in [3.05, 3.63) is 18.5 Å². The Balaban J connectivity index is 2.27. The van der Waals surface area contributed by atoms with Crippen molar-refractivity contribution < 1.29 is 23.0 Å². The van der Waals surface area contributed by atoms with Crippen molar-refractivity contribution in [2.24, 2.45) is 0 Å². The van der Waals surface area contributed by atoms with Gasteiger partial charge in [-0.1, -0.05) is 0 Å². The summed E-state index contributed by atoms with van der Waals surface area (Å²) in [6.45, 7) is 0.867. The van der Waals surface area contributed by atoms with Crippen molar-refractivity contribution in [1.82, 2.24) is 14.7 Å². The molecule has 3 unspecified atom stereocenters. The maximum atomic E-state index is 12.4. The summed E-state index contributed by atoms with van der Waals surface area (Å²) in [6, 6.07) is 1.68. The van der Waals surface area contributed by atoms with Crippen LogP contribution in [0, 0.1) is 0 Å². The van der Waals surface area contributed by atoms with E-state index in [0.29, 0.717) is 13.0 Å². The first-order valence-electron chi connectivity index (χ1n) is 6.33. The van der Waals surface area contributed by atoms with Crippen LogP contribution in [0.1, 0.15) is 13.3 Å². The lowest BCUT2D eigenvalue weighted by atomic mass is 9.91. The molecule has 0 radical (unpaired) electrons. The molecule has 3 atom stereocenters. The molecule has 1 N–H and O–H groups in total. The van der Waals surface area contributed by atoms with Gasteiger partial charge < -0.3 is 9.84 Å². The number of hydrogen-bond acceptors (Lipinski definition) is 4. The Hall–Kier alpha value is -1.12. The molecule has 0 saturated carbocycles. The van der Waals surface area contributed by atoms with Crippen LogP contribution in [0.15, 0.2) is 18.5 Å². The average Bonchev–Trinajstić information content (AvgIpc) is 2.87. The van der Waals surface area contributed by atoms with E-state index in [0.717, 1.165) is 0 Å². The van der Waals surface area contributed by atoms with E-state index < -0.39 is 30.7 Å². The van der Waals surface area contributed by atoms with Gasteiger partial charge in [0.25, 0.3) is 0 Å². The van der Waals surface area contributed by atoms with Crippen molar-refractivity contribution in [1.29, 1.82) is 0 Å². The lowest BCUT2D eigenvalue weighted by molar-refractivity contribution is -0.237. The predicted molar refractivity (Wildman–Crippen MR) is 64.9 cm³/mol. The summed E-state index contributed by atoms with van der Waals surface area (Å²) in [6.07, 6.45) is -2.86. The minimum atomic E-state index is -4.43. The number of alkyl halides is 3. The van der Waals surface area contributed by atoms with E-state index in [-0.39, 0.29) is 0 Å². The summed E-state index contributed by atoms with van der Waals surface area (Å²) in [7, 11) is 1.78. The van der Waals surface area contributed by atoms with E-state index in [4.69, 9.17) is 4.74 Å². The average molecular weight is 293 g/mol. The molecule has 1 aliphatic rings. The number of likely N-dealkylation sites (N-methyl/N-ethyl adjacent to an activating group) is 1. The van der Waals surface area contributed by atoms with Gasteiger partial charge in [-0.2, -0.15) is 18.3 Å². The van der Waals surface area contributed by atoms with Crippen LogP contribution in [-0.2, 0) is 10.4 Å². The topological polar surface area (TPSA) is 50.5 Å². The first kappa shape index (κ1) is 15.3. The number of rotatable bonds is 3. The number of aliphatic hydroxyl groups excluding tert-OH is 1. The third-order valence-corrected chi connectivity index (χ3v) is 3.82. The molecule has 20 heavy (non-hydrogen) atoms. The highest BCUT2D eigenvalue weighted by atomic mass is 19.4. The zero-order chi connectivity index (χ0) is 15.0. The van der Waals surface area contributed by atoms with Crippen LogP contribution in [-0.4, -0.2) is 58.4 Å². The Kier molecular flexibility index (Phi) is 4.08. The molecule has 2 heterocycles. The largest absolute Gasteiger partial charge is 0.411 e. The Morgan fingerprint density at radius 1 is 1.50 bits per heavy atom. The number of hydrogen-bond donors (Lipinski definition) is 1. The van der Waals surface area contributed by atoms with Crippen LogP contribution in [0.2, 0.25) is 0 Å². The molecule has 1 fully saturated rings. The monoisotopic (exact) mass is 293 g/mol. The molecule has 114 valence electrons. The zero-order valence-corrected chi connectivity index (χ0v) is 11.3. The van der Waals surface area contributed by atoms with Crippen LogP contribution in [0.3, 0.4) is 0 Å². The lowest BCUT2D eigenvalue weighted by Gasteiger charge is -2.49. The van der Waals surface area contributed by atoms with Gasteiger partial charge in [-0.15, -0.1) is 0 Å². The van der Waals surface area contributed by atoms with Crippen molar-refractivity contribution in [2.75, 3.05) is 20.2 Å². The fourth-order valence-electron chi connectivity index (χ4n) is 2.58. The van der Waals surface area contributed by atoms with Crippen molar-refractivity contribution in [3.8, 4) is 0 Å². The fourth-order valence-corrected chi connectivity index (χ4v) is 2.58. The summed E-state index contributed by atoms with van der Waals surface area (Å²) >= 11 is 0. The van der Waals surface area contributed by atoms with Crippen molar-refractivity contribution >= 4 is 0 Å². The zero-order valence-electron chi connectivity index (χ0n) is 11.3. The molecule has 0 aromatic carbocycles. The normalized spacial score (nSPS) is 32.5. The van der Waals surface area contributed by atoms with Crippen molar-refractivity contribution in [2.45, 2.75) is 37.4 Å². The maximum absolute atomic E-state index is 12.4. The molecule has 8 heteroatoms. The molecule has 0 aliphatic carbocycles. The Labute approximate surface area is 114 Å². The summed E-state index contributed by atoms with van der Waals surface area (Å²) in [5, 5.41) is 14.2. The molecule has 5 nitrogen and oxygen atoms in total. The van der Waals surface area contributed by atoms with Crippen LogP contribution in [0.4, 0.5) is 13.2 Å². The van der Waals surface area contributed by atoms with Gasteiger partial charge in [0, 0.05) is 18.9 Å². The first-order valence-corrected chi connectivity index (χ1v) is 6.33. The van der Waals surface area contributed by atoms with Crippen LogP contribution >= 0.6 is 0 Å². The van der Waals surface area contributed by atoms with Gasteiger partial charge in [0.15, 0.2) is 0 Å². The number of ether oxygens (including phenoxy) is 1. The summed E-state index contributed by atoms with van der Waals surface area (Å²) in [4.78, 5) is 1.84. The molecule has 0 spiro atoms. The van der Waals surface area contributed by atoms with Crippen LogP contribution in [0.5, 0.6) is 0 Å². The lowest BCUT2D eigenvalue weighted by Crippen LogP contribution is -2.64. The van der Waals surface area contributed by atoms with Crippen molar-refractivity contribution in [3.63, 3.8) is 0 Å². The van der Waals surface area contributed by atoms with Gasteiger partial charge in [-0.05, 0) is 26.5 Å². The minimum Gasteiger partial charge on any atom is -0.390 e. The molecular weight excluding hydrogens is 275 g/mol. The van der Waals surface area contributed by atoms with E-state index >= 15 is 0 Å². The highest BCUT2D eigenvalue weighted by molar-refractivity contribution is 4.98. The van der Waals surface area contributed by atoms with E-state index in [1.165, 1.54) is 4.68 Å². The van der Waals surface area contributed by atoms with Gasteiger partial charge in [-0.3, -0.25) is 4.90 Å².